The fourth-order valence-electron chi connectivity index (χ4n) is 3.57. The molecule has 0 aliphatic heterocycles. The highest BCUT2D eigenvalue weighted by molar-refractivity contribution is 14.1. The van der Waals surface area contributed by atoms with E-state index in [-0.39, 0.29) is 11.5 Å². The quantitative estimate of drug-likeness (QED) is 0.507. The molecule has 0 saturated heterocycles. The van der Waals surface area contributed by atoms with E-state index in [0.717, 1.165) is 38.7 Å². The molecular weight excluding hydrogens is 477 g/mol. The van der Waals surface area contributed by atoms with Crippen LogP contribution in [0.15, 0.2) is 27.9 Å². The van der Waals surface area contributed by atoms with Gasteiger partial charge in [-0.3, -0.25) is 4.79 Å². The minimum absolute atomic E-state index is 0.0169. The van der Waals surface area contributed by atoms with Gasteiger partial charge in [0, 0.05) is 11.6 Å². The molecule has 2 aromatic carbocycles. The summed E-state index contributed by atoms with van der Waals surface area (Å²) in [6, 6.07) is 5.26. The molecule has 0 unspecified atom stereocenters. The first kappa shape index (κ1) is 20.3. The molecule has 2 N–H and O–H groups in total. The molecule has 1 aliphatic carbocycles. The zero-order valence-corrected chi connectivity index (χ0v) is 18.7. The molecule has 5 nitrogen and oxygen atoms in total. The van der Waals surface area contributed by atoms with Crippen molar-refractivity contribution in [3.63, 3.8) is 0 Å². The Hall–Kier alpha value is -1.45. The number of halogens is 1. The average molecular weight is 499 g/mol. The number of fused-ring (bicyclic) bond motifs is 3. The Balaban J connectivity index is 2.49. The van der Waals surface area contributed by atoms with E-state index in [1.165, 1.54) is 11.8 Å². The molecule has 0 saturated carbocycles. The van der Waals surface area contributed by atoms with Crippen molar-refractivity contribution in [2.75, 3.05) is 27.6 Å². The molecule has 2 aromatic rings. The molecule has 27 heavy (non-hydrogen) atoms. The summed E-state index contributed by atoms with van der Waals surface area (Å²) in [6.45, 7) is 0. The van der Waals surface area contributed by atoms with Gasteiger partial charge in [-0.1, -0.05) is 6.07 Å². The van der Waals surface area contributed by atoms with Crippen molar-refractivity contribution in [3.05, 3.63) is 43.1 Å². The lowest BCUT2D eigenvalue weighted by Crippen LogP contribution is -2.12. The minimum atomic E-state index is -0.236. The van der Waals surface area contributed by atoms with Gasteiger partial charge >= 0.3 is 0 Å². The zero-order valence-electron chi connectivity index (χ0n) is 15.7. The highest BCUT2D eigenvalue weighted by atomic mass is 127. The Bertz CT molecular complexity index is 948. The Morgan fingerprint density at radius 1 is 1.11 bits per heavy atom. The Morgan fingerprint density at radius 2 is 1.78 bits per heavy atom. The van der Waals surface area contributed by atoms with Gasteiger partial charge in [-0.15, -0.1) is 11.8 Å². The van der Waals surface area contributed by atoms with Crippen LogP contribution in [0.25, 0.3) is 11.1 Å². The standard InChI is InChI=1S/C20H22INO4S/c1-24-18-16-10-6-8-15(27-4)14(23)9-12(10)13(22)7-5-11(16)17(21)19(25-2)20(18)26-3/h6,8-9,13H,5,7,22H2,1-4H3/t13-/m0/s1. The minimum Gasteiger partial charge on any atom is -0.492 e. The molecule has 0 aromatic heterocycles. The largest absolute Gasteiger partial charge is 0.492 e. The maximum Gasteiger partial charge on any atom is 0.205 e. The second-order valence-corrected chi connectivity index (χ2v) is 8.12. The number of methoxy groups -OCH3 is 3. The van der Waals surface area contributed by atoms with Gasteiger partial charge in [0.25, 0.3) is 0 Å². The molecule has 7 heteroatoms. The van der Waals surface area contributed by atoms with Gasteiger partial charge in [-0.05, 0) is 70.5 Å². The summed E-state index contributed by atoms with van der Waals surface area (Å²) in [5.41, 5.74) is 10.2. The molecule has 0 radical (unpaired) electrons. The van der Waals surface area contributed by atoms with Gasteiger partial charge in [0.1, 0.15) is 0 Å². The molecule has 0 fully saturated rings. The van der Waals surface area contributed by atoms with Crippen LogP contribution in [-0.2, 0) is 6.42 Å². The Labute approximate surface area is 176 Å². The van der Waals surface area contributed by atoms with E-state index < -0.39 is 0 Å². The summed E-state index contributed by atoms with van der Waals surface area (Å²) >= 11 is 3.72. The van der Waals surface area contributed by atoms with E-state index in [2.05, 4.69) is 22.6 Å². The fourth-order valence-corrected chi connectivity index (χ4v) is 5.04. The lowest BCUT2D eigenvalue weighted by atomic mass is 9.95. The average Bonchev–Trinajstić information content (AvgIpc) is 2.91. The molecular formula is C20H22INO4S. The van der Waals surface area contributed by atoms with Gasteiger partial charge in [-0.25, -0.2) is 0 Å². The van der Waals surface area contributed by atoms with Crippen molar-refractivity contribution in [3.8, 4) is 28.4 Å². The van der Waals surface area contributed by atoms with Gasteiger partial charge in [-0.2, -0.15) is 0 Å². The zero-order chi connectivity index (χ0) is 19.7. The third-order valence-corrected chi connectivity index (χ3v) is 6.77. The fraction of sp³-hybridized carbons (Fsp3) is 0.350. The SMILES string of the molecule is COc1c(I)c2c(c(OC)c1OC)-c1ccc(SC)c(=O)cc1[C@@H](N)CC2. The van der Waals surface area contributed by atoms with Gasteiger partial charge in [0.05, 0.1) is 29.8 Å². The molecule has 1 aliphatic rings. The summed E-state index contributed by atoms with van der Waals surface area (Å²) in [7, 11) is 4.83. The van der Waals surface area contributed by atoms with Crippen molar-refractivity contribution in [1.82, 2.24) is 0 Å². The monoisotopic (exact) mass is 499 g/mol. The lowest BCUT2D eigenvalue weighted by molar-refractivity contribution is 0.323. The molecule has 1 atom stereocenters. The first-order chi connectivity index (χ1) is 13.0. The van der Waals surface area contributed by atoms with Crippen LogP contribution in [0.2, 0.25) is 0 Å². The van der Waals surface area contributed by atoms with Crippen molar-refractivity contribution < 1.29 is 14.2 Å². The second kappa shape index (κ2) is 8.28. The van der Waals surface area contributed by atoms with Crippen molar-refractivity contribution >= 4 is 34.4 Å². The van der Waals surface area contributed by atoms with E-state index in [0.29, 0.717) is 22.1 Å². The van der Waals surface area contributed by atoms with Gasteiger partial charge in [0.2, 0.25) is 5.75 Å². The highest BCUT2D eigenvalue weighted by Gasteiger charge is 2.30. The van der Waals surface area contributed by atoms with Crippen LogP contribution >= 0.6 is 34.4 Å². The van der Waals surface area contributed by atoms with Crippen molar-refractivity contribution in [1.29, 1.82) is 0 Å². The number of benzene rings is 1. The van der Waals surface area contributed by atoms with Crippen LogP contribution in [0.5, 0.6) is 17.2 Å². The van der Waals surface area contributed by atoms with Crippen LogP contribution < -0.4 is 25.4 Å². The molecule has 0 heterocycles. The lowest BCUT2D eigenvalue weighted by Gasteiger charge is -2.21. The van der Waals surface area contributed by atoms with Crippen LogP contribution in [0, 0.1) is 3.57 Å². The van der Waals surface area contributed by atoms with E-state index in [1.807, 2.05) is 18.4 Å². The summed E-state index contributed by atoms with van der Waals surface area (Å²) in [5, 5.41) is 0. The maximum absolute atomic E-state index is 12.6. The number of nitrogens with two attached hydrogens (primary N) is 1. The number of hydrogen-bond donors (Lipinski definition) is 1. The number of hydrogen-bond acceptors (Lipinski definition) is 6. The summed E-state index contributed by atoms with van der Waals surface area (Å²) in [6.07, 6.45) is 3.38. The van der Waals surface area contributed by atoms with E-state index in [9.17, 15) is 4.79 Å². The molecule has 144 valence electrons. The third-order valence-electron chi connectivity index (χ3n) is 4.85. The summed E-state index contributed by atoms with van der Waals surface area (Å²) < 4.78 is 18.0. The molecule has 0 spiro atoms. The number of thioether (sulfide) groups is 1. The van der Waals surface area contributed by atoms with Crippen LogP contribution in [0.3, 0.4) is 0 Å². The Morgan fingerprint density at radius 3 is 2.37 bits per heavy atom. The van der Waals surface area contributed by atoms with E-state index in [4.69, 9.17) is 19.9 Å². The normalized spacial score (nSPS) is 15.4. The maximum atomic E-state index is 12.6. The summed E-state index contributed by atoms with van der Waals surface area (Å²) in [5.74, 6) is 1.80. The van der Waals surface area contributed by atoms with Gasteiger partial charge < -0.3 is 19.9 Å². The van der Waals surface area contributed by atoms with Crippen LogP contribution in [-0.4, -0.2) is 27.6 Å². The topological polar surface area (TPSA) is 70.8 Å². The van der Waals surface area contributed by atoms with Gasteiger partial charge in [0.15, 0.2) is 16.9 Å². The van der Waals surface area contributed by atoms with Crippen LogP contribution in [0.1, 0.15) is 23.6 Å². The predicted molar refractivity (Wildman–Crippen MR) is 118 cm³/mol. The first-order valence-electron chi connectivity index (χ1n) is 8.46. The molecule has 3 rings (SSSR count). The van der Waals surface area contributed by atoms with E-state index >= 15 is 0 Å². The van der Waals surface area contributed by atoms with E-state index in [1.54, 1.807) is 27.4 Å². The van der Waals surface area contributed by atoms with Crippen LogP contribution in [0.4, 0.5) is 0 Å². The number of ether oxygens (including phenoxy) is 3. The summed E-state index contributed by atoms with van der Waals surface area (Å²) in [4.78, 5) is 13.3. The van der Waals surface area contributed by atoms with Crippen molar-refractivity contribution in [2.45, 2.75) is 23.8 Å². The molecule has 0 amide bonds. The Kier molecular flexibility index (Phi) is 6.22. The predicted octanol–water partition coefficient (Wildman–Crippen LogP) is 4.01. The first-order valence-corrected chi connectivity index (χ1v) is 10.8. The number of rotatable bonds is 4. The smallest absolute Gasteiger partial charge is 0.205 e. The second-order valence-electron chi connectivity index (χ2n) is 6.19. The third kappa shape index (κ3) is 3.40. The highest BCUT2D eigenvalue weighted by Crippen LogP contribution is 2.52. The molecule has 0 bridgehead atoms. The van der Waals surface area contributed by atoms with Crippen molar-refractivity contribution in [2.24, 2.45) is 5.73 Å².